The standard InChI is InChI=1S/C25H23N5O3/c1-2-6-20-23-19(13-21(22-9-5-12-32-22)28-25(23)33-29-20)24(31)27-14-17-7-3-4-8-18(17)15-30-11-10-26-16-30/h3-5,7-13,16H,2,6,14-15H2,1H3,(H,27,31). The van der Waals surface area contributed by atoms with Gasteiger partial charge < -0.3 is 18.8 Å². The zero-order valence-corrected chi connectivity index (χ0v) is 18.2. The number of hydrogen-bond donors (Lipinski definition) is 1. The lowest BCUT2D eigenvalue weighted by atomic mass is 10.0. The molecular formula is C25H23N5O3. The van der Waals surface area contributed by atoms with Gasteiger partial charge in [0.05, 0.1) is 29.2 Å². The van der Waals surface area contributed by atoms with Crippen molar-refractivity contribution in [2.24, 2.45) is 0 Å². The molecule has 166 valence electrons. The number of nitrogens with one attached hydrogen (secondary N) is 1. The minimum Gasteiger partial charge on any atom is -0.463 e. The Bertz CT molecular complexity index is 1370. The molecule has 4 aromatic heterocycles. The first-order valence-electron chi connectivity index (χ1n) is 10.9. The summed E-state index contributed by atoms with van der Waals surface area (Å²) in [6, 6.07) is 13.4. The Hall–Kier alpha value is -4.20. The molecule has 0 atom stereocenters. The minimum absolute atomic E-state index is 0.215. The highest BCUT2D eigenvalue weighted by Gasteiger charge is 2.21. The van der Waals surface area contributed by atoms with Crippen molar-refractivity contribution in [1.82, 2.24) is 25.0 Å². The van der Waals surface area contributed by atoms with Crippen LogP contribution in [0.15, 0.2) is 76.4 Å². The molecule has 8 heteroatoms. The number of carbonyl (C=O) groups is 1. The third-order valence-corrected chi connectivity index (χ3v) is 5.49. The van der Waals surface area contributed by atoms with Gasteiger partial charge in [0.2, 0.25) is 0 Å². The van der Waals surface area contributed by atoms with Gasteiger partial charge in [0.25, 0.3) is 11.6 Å². The van der Waals surface area contributed by atoms with Crippen molar-refractivity contribution in [2.75, 3.05) is 0 Å². The van der Waals surface area contributed by atoms with E-state index in [2.05, 4.69) is 33.4 Å². The Morgan fingerprint density at radius 3 is 2.79 bits per heavy atom. The summed E-state index contributed by atoms with van der Waals surface area (Å²) in [4.78, 5) is 22.0. The molecule has 33 heavy (non-hydrogen) atoms. The molecule has 0 aliphatic rings. The van der Waals surface area contributed by atoms with E-state index in [1.54, 1.807) is 37.0 Å². The molecule has 0 saturated heterocycles. The molecular weight excluding hydrogens is 418 g/mol. The zero-order chi connectivity index (χ0) is 22.6. The zero-order valence-electron chi connectivity index (χ0n) is 18.2. The number of rotatable bonds is 8. The number of amides is 1. The predicted molar refractivity (Wildman–Crippen MR) is 122 cm³/mol. The summed E-state index contributed by atoms with van der Waals surface area (Å²) in [6.45, 7) is 3.13. The van der Waals surface area contributed by atoms with Gasteiger partial charge in [-0.1, -0.05) is 42.8 Å². The minimum atomic E-state index is -0.215. The van der Waals surface area contributed by atoms with Crippen LogP contribution in [0, 0.1) is 0 Å². The molecule has 0 aliphatic carbocycles. The van der Waals surface area contributed by atoms with Crippen molar-refractivity contribution in [1.29, 1.82) is 0 Å². The summed E-state index contributed by atoms with van der Waals surface area (Å²) in [6.07, 6.45) is 8.59. The highest BCUT2D eigenvalue weighted by molar-refractivity contribution is 6.06. The van der Waals surface area contributed by atoms with E-state index in [4.69, 9.17) is 8.94 Å². The van der Waals surface area contributed by atoms with Crippen molar-refractivity contribution in [3.8, 4) is 11.5 Å². The third-order valence-electron chi connectivity index (χ3n) is 5.49. The molecule has 5 aromatic rings. The third kappa shape index (κ3) is 4.27. The molecule has 8 nitrogen and oxygen atoms in total. The second-order valence-electron chi connectivity index (χ2n) is 7.78. The van der Waals surface area contributed by atoms with Gasteiger partial charge in [-0.05, 0) is 35.7 Å². The molecule has 5 rings (SSSR count). The van der Waals surface area contributed by atoms with E-state index in [9.17, 15) is 4.79 Å². The number of aryl methyl sites for hydroxylation is 1. The Morgan fingerprint density at radius 2 is 2.03 bits per heavy atom. The number of fused-ring (bicyclic) bond motifs is 1. The maximum Gasteiger partial charge on any atom is 0.259 e. The fourth-order valence-electron chi connectivity index (χ4n) is 3.88. The number of nitrogens with zero attached hydrogens (tertiary/aromatic N) is 4. The van der Waals surface area contributed by atoms with Crippen molar-refractivity contribution in [3.63, 3.8) is 0 Å². The van der Waals surface area contributed by atoms with Crippen LogP contribution in [0.25, 0.3) is 22.6 Å². The Kier molecular flexibility index (Phi) is 5.72. The highest BCUT2D eigenvalue weighted by Crippen LogP contribution is 2.28. The number of aromatic nitrogens is 4. The summed E-state index contributed by atoms with van der Waals surface area (Å²) in [7, 11) is 0. The van der Waals surface area contributed by atoms with Crippen molar-refractivity contribution < 1.29 is 13.7 Å². The molecule has 0 bridgehead atoms. The van der Waals surface area contributed by atoms with Gasteiger partial charge in [0, 0.05) is 25.5 Å². The van der Waals surface area contributed by atoms with Crippen LogP contribution >= 0.6 is 0 Å². The van der Waals surface area contributed by atoms with Gasteiger partial charge in [-0.15, -0.1) is 0 Å². The second kappa shape index (κ2) is 9.12. The van der Waals surface area contributed by atoms with Crippen LogP contribution in [0.3, 0.4) is 0 Å². The van der Waals surface area contributed by atoms with Gasteiger partial charge in [0.15, 0.2) is 5.76 Å². The first kappa shape index (κ1) is 20.7. The van der Waals surface area contributed by atoms with Crippen LogP contribution in [0.4, 0.5) is 0 Å². The SMILES string of the molecule is CCCc1noc2nc(-c3ccco3)cc(C(=O)NCc3ccccc3Cn3ccnc3)c12. The molecule has 1 N–H and O–H groups in total. The van der Waals surface area contributed by atoms with Crippen LogP contribution in [0.5, 0.6) is 0 Å². The number of carbonyl (C=O) groups excluding carboxylic acids is 1. The van der Waals surface area contributed by atoms with E-state index in [1.165, 1.54) is 0 Å². The number of furan rings is 1. The maximum absolute atomic E-state index is 13.4. The molecule has 0 aliphatic heterocycles. The van der Waals surface area contributed by atoms with Gasteiger partial charge >= 0.3 is 0 Å². The van der Waals surface area contributed by atoms with Crippen LogP contribution in [0.1, 0.15) is 40.5 Å². The predicted octanol–water partition coefficient (Wildman–Crippen LogP) is 4.61. The average Bonchev–Trinajstić information content (AvgIpc) is 3.61. The molecule has 0 radical (unpaired) electrons. The van der Waals surface area contributed by atoms with E-state index >= 15 is 0 Å². The van der Waals surface area contributed by atoms with Crippen LogP contribution in [-0.2, 0) is 19.5 Å². The van der Waals surface area contributed by atoms with Crippen LogP contribution < -0.4 is 5.32 Å². The van der Waals surface area contributed by atoms with E-state index in [-0.39, 0.29) is 5.91 Å². The van der Waals surface area contributed by atoms with Crippen molar-refractivity contribution >= 4 is 17.0 Å². The van der Waals surface area contributed by atoms with E-state index in [0.29, 0.717) is 47.6 Å². The fourth-order valence-corrected chi connectivity index (χ4v) is 3.88. The Balaban J connectivity index is 1.45. The van der Waals surface area contributed by atoms with Gasteiger partial charge in [-0.3, -0.25) is 4.79 Å². The first-order valence-corrected chi connectivity index (χ1v) is 10.9. The average molecular weight is 441 g/mol. The van der Waals surface area contributed by atoms with E-state index in [0.717, 1.165) is 23.2 Å². The summed E-state index contributed by atoms with van der Waals surface area (Å²) in [5.74, 6) is 0.346. The van der Waals surface area contributed by atoms with Crippen LogP contribution in [-0.4, -0.2) is 25.6 Å². The van der Waals surface area contributed by atoms with Gasteiger partial charge in [-0.2, -0.15) is 0 Å². The maximum atomic E-state index is 13.4. The lowest BCUT2D eigenvalue weighted by Crippen LogP contribution is -2.24. The number of imidazole rings is 1. The Morgan fingerprint density at radius 1 is 1.15 bits per heavy atom. The van der Waals surface area contributed by atoms with Gasteiger partial charge in [0.1, 0.15) is 5.69 Å². The number of hydrogen-bond acceptors (Lipinski definition) is 6. The molecule has 1 amide bonds. The molecule has 4 heterocycles. The number of pyridine rings is 1. The topological polar surface area (TPSA) is 99.0 Å². The smallest absolute Gasteiger partial charge is 0.259 e. The quantitative estimate of drug-likeness (QED) is 0.378. The summed E-state index contributed by atoms with van der Waals surface area (Å²) < 4.78 is 13.0. The Labute approximate surface area is 190 Å². The largest absolute Gasteiger partial charge is 0.463 e. The fraction of sp³-hybridized carbons (Fsp3) is 0.200. The number of benzene rings is 1. The summed E-state index contributed by atoms with van der Waals surface area (Å²) in [5, 5.41) is 7.88. The highest BCUT2D eigenvalue weighted by atomic mass is 16.5. The molecule has 0 spiro atoms. The normalized spacial score (nSPS) is 11.2. The second-order valence-corrected chi connectivity index (χ2v) is 7.78. The lowest BCUT2D eigenvalue weighted by molar-refractivity contribution is 0.0952. The first-order chi connectivity index (χ1) is 16.2. The summed E-state index contributed by atoms with van der Waals surface area (Å²) in [5.41, 5.74) is 4.22. The molecule has 1 aromatic carbocycles. The van der Waals surface area contributed by atoms with Crippen molar-refractivity contribution in [2.45, 2.75) is 32.9 Å². The lowest BCUT2D eigenvalue weighted by Gasteiger charge is -2.12. The van der Waals surface area contributed by atoms with Crippen LogP contribution in [0.2, 0.25) is 0 Å². The van der Waals surface area contributed by atoms with Crippen molar-refractivity contribution in [3.05, 3.63) is 89.8 Å². The molecule has 0 fully saturated rings. The monoisotopic (exact) mass is 441 g/mol. The molecule has 0 saturated carbocycles. The van der Waals surface area contributed by atoms with Gasteiger partial charge in [-0.25, -0.2) is 9.97 Å². The van der Waals surface area contributed by atoms with E-state index in [1.807, 2.05) is 29.0 Å². The molecule has 0 unspecified atom stereocenters. The van der Waals surface area contributed by atoms with E-state index < -0.39 is 0 Å². The summed E-state index contributed by atoms with van der Waals surface area (Å²) >= 11 is 0.